The topological polar surface area (TPSA) is 29.3 Å². The summed E-state index contributed by atoms with van der Waals surface area (Å²) in [6, 6.07) is -0.0823. The molecule has 2 nitrogen and oxygen atoms in total. The van der Waals surface area contributed by atoms with Crippen LogP contribution in [0.25, 0.3) is 0 Å². The van der Waals surface area contributed by atoms with Gasteiger partial charge in [0.05, 0.1) is 6.54 Å². The zero-order valence-electron chi connectivity index (χ0n) is 8.77. The normalized spacial score (nSPS) is 24.0. The number of halogens is 3. The third-order valence-corrected chi connectivity index (χ3v) is 1.94. The molecule has 0 bridgehead atoms. The highest BCUT2D eigenvalue weighted by Crippen LogP contribution is 2.18. The van der Waals surface area contributed by atoms with Crippen LogP contribution in [0.1, 0.15) is 26.7 Å². The van der Waals surface area contributed by atoms with Crippen molar-refractivity contribution >= 4 is 0 Å². The summed E-state index contributed by atoms with van der Waals surface area (Å²) in [5.74, 6) is 0. The van der Waals surface area contributed by atoms with Crippen molar-refractivity contribution in [2.45, 2.75) is 38.9 Å². The third-order valence-electron chi connectivity index (χ3n) is 1.94. The summed E-state index contributed by atoms with van der Waals surface area (Å²) in [5.41, 5.74) is 5.53. The Labute approximate surface area is 83.3 Å². The molecule has 1 rings (SSSR count). The molecule has 2 N–H and O–H groups in total. The molecule has 1 unspecified atom stereocenters. The maximum Gasteiger partial charge on any atom is 0.401 e. The Balaban J connectivity index is 0.000000791. The number of alkyl halides is 3. The fraction of sp³-hybridized carbons (Fsp3) is 1.00. The number of nitrogens with two attached hydrogens (primary N) is 1. The molecule has 86 valence electrons. The molecule has 0 aromatic carbocycles. The van der Waals surface area contributed by atoms with Gasteiger partial charge in [-0.1, -0.05) is 13.8 Å². The highest BCUT2D eigenvalue weighted by atomic mass is 19.4. The van der Waals surface area contributed by atoms with Crippen LogP contribution >= 0.6 is 0 Å². The smallest absolute Gasteiger partial charge is 0.327 e. The van der Waals surface area contributed by atoms with E-state index in [2.05, 4.69) is 0 Å². The van der Waals surface area contributed by atoms with Crippen LogP contribution < -0.4 is 5.73 Å². The van der Waals surface area contributed by atoms with E-state index in [1.165, 1.54) is 4.90 Å². The van der Waals surface area contributed by atoms with Crippen LogP contribution in [0.4, 0.5) is 13.2 Å². The van der Waals surface area contributed by atoms with Gasteiger partial charge >= 0.3 is 6.18 Å². The lowest BCUT2D eigenvalue weighted by Crippen LogP contribution is -2.46. The van der Waals surface area contributed by atoms with E-state index in [4.69, 9.17) is 5.73 Å². The molecule has 1 fully saturated rings. The molecule has 0 spiro atoms. The molecule has 14 heavy (non-hydrogen) atoms. The van der Waals surface area contributed by atoms with Crippen molar-refractivity contribution in [1.82, 2.24) is 4.90 Å². The van der Waals surface area contributed by atoms with Gasteiger partial charge < -0.3 is 5.73 Å². The van der Waals surface area contributed by atoms with Crippen LogP contribution in [0, 0.1) is 0 Å². The fourth-order valence-corrected chi connectivity index (χ4v) is 1.49. The van der Waals surface area contributed by atoms with Gasteiger partial charge in [-0.05, 0) is 19.4 Å². The molecule has 0 aliphatic carbocycles. The van der Waals surface area contributed by atoms with Crippen molar-refractivity contribution in [1.29, 1.82) is 0 Å². The molecule has 1 saturated heterocycles. The van der Waals surface area contributed by atoms with E-state index in [0.717, 1.165) is 12.8 Å². The fourth-order valence-electron chi connectivity index (χ4n) is 1.49. The highest BCUT2D eigenvalue weighted by molar-refractivity contribution is 4.76. The van der Waals surface area contributed by atoms with E-state index >= 15 is 0 Å². The molecule has 1 atom stereocenters. The zero-order chi connectivity index (χ0) is 11.2. The molecular weight excluding hydrogens is 193 g/mol. The van der Waals surface area contributed by atoms with E-state index in [9.17, 15) is 13.2 Å². The van der Waals surface area contributed by atoms with Gasteiger partial charge in [0, 0.05) is 12.6 Å². The maximum atomic E-state index is 11.9. The number of nitrogens with zero attached hydrogens (tertiary/aromatic N) is 1. The number of likely N-dealkylation sites (tertiary alicyclic amines) is 1. The minimum Gasteiger partial charge on any atom is -0.327 e. The van der Waals surface area contributed by atoms with E-state index in [0.29, 0.717) is 13.1 Å². The predicted molar refractivity (Wildman–Crippen MR) is 51.1 cm³/mol. The molecule has 5 heteroatoms. The van der Waals surface area contributed by atoms with Crippen molar-refractivity contribution in [3.8, 4) is 0 Å². The summed E-state index contributed by atoms with van der Waals surface area (Å²) >= 11 is 0. The van der Waals surface area contributed by atoms with Gasteiger partial charge in [0.15, 0.2) is 0 Å². The number of rotatable bonds is 1. The second kappa shape index (κ2) is 6.24. The predicted octanol–water partition coefficient (Wildman–Crippen LogP) is 2.00. The number of hydrogen-bond acceptors (Lipinski definition) is 2. The lowest BCUT2D eigenvalue weighted by molar-refractivity contribution is -0.148. The van der Waals surface area contributed by atoms with Crippen molar-refractivity contribution in [3.63, 3.8) is 0 Å². The van der Waals surface area contributed by atoms with Gasteiger partial charge in [0.1, 0.15) is 0 Å². The largest absolute Gasteiger partial charge is 0.401 e. The van der Waals surface area contributed by atoms with Crippen LogP contribution in [0.2, 0.25) is 0 Å². The van der Waals surface area contributed by atoms with Gasteiger partial charge in [0.25, 0.3) is 0 Å². The summed E-state index contributed by atoms with van der Waals surface area (Å²) in [5, 5.41) is 0. The van der Waals surface area contributed by atoms with E-state index in [1.807, 2.05) is 13.8 Å². The Morgan fingerprint density at radius 3 is 2.36 bits per heavy atom. The minimum atomic E-state index is -4.09. The molecule has 0 radical (unpaired) electrons. The molecule has 0 aromatic rings. The van der Waals surface area contributed by atoms with Gasteiger partial charge in [-0.2, -0.15) is 13.2 Å². The van der Waals surface area contributed by atoms with Crippen molar-refractivity contribution in [2.24, 2.45) is 5.73 Å². The van der Waals surface area contributed by atoms with Gasteiger partial charge in [-0.25, -0.2) is 0 Å². The Hall–Kier alpha value is -0.290. The van der Waals surface area contributed by atoms with Crippen LogP contribution in [-0.4, -0.2) is 36.8 Å². The maximum absolute atomic E-state index is 11.9. The lowest BCUT2D eigenvalue weighted by Gasteiger charge is -2.30. The first kappa shape index (κ1) is 13.7. The van der Waals surface area contributed by atoms with Crippen LogP contribution in [0.5, 0.6) is 0 Å². The molecule has 1 aliphatic rings. The first-order valence-corrected chi connectivity index (χ1v) is 5.02. The SMILES string of the molecule is CC.NC1CCCN(CC(F)(F)F)C1. The van der Waals surface area contributed by atoms with Crippen molar-refractivity contribution in [3.05, 3.63) is 0 Å². The summed E-state index contributed by atoms with van der Waals surface area (Å²) in [6.45, 7) is 4.08. The van der Waals surface area contributed by atoms with Crippen LogP contribution in [-0.2, 0) is 0 Å². The Kier molecular flexibility index (Phi) is 6.11. The Bertz CT molecular complexity index is 147. The van der Waals surface area contributed by atoms with Crippen molar-refractivity contribution < 1.29 is 13.2 Å². The first-order chi connectivity index (χ1) is 6.47. The van der Waals surface area contributed by atoms with Gasteiger partial charge in [-0.15, -0.1) is 0 Å². The average Bonchev–Trinajstić information content (AvgIpc) is 2.04. The third kappa shape index (κ3) is 6.21. The molecule has 0 saturated carbocycles. The van der Waals surface area contributed by atoms with Crippen LogP contribution in [0.3, 0.4) is 0 Å². The molecule has 0 amide bonds. The quantitative estimate of drug-likeness (QED) is 0.720. The summed E-state index contributed by atoms with van der Waals surface area (Å²) in [7, 11) is 0. The number of piperidine rings is 1. The Morgan fingerprint density at radius 1 is 1.36 bits per heavy atom. The average molecular weight is 212 g/mol. The van der Waals surface area contributed by atoms with Gasteiger partial charge in [0.2, 0.25) is 0 Å². The summed E-state index contributed by atoms with van der Waals surface area (Å²) in [6.07, 6.45) is -2.47. The minimum absolute atomic E-state index is 0.0823. The zero-order valence-corrected chi connectivity index (χ0v) is 8.77. The monoisotopic (exact) mass is 212 g/mol. The summed E-state index contributed by atoms with van der Waals surface area (Å²) in [4.78, 5) is 1.37. The van der Waals surface area contributed by atoms with Crippen LogP contribution in [0.15, 0.2) is 0 Å². The van der Waals surface area contributed by atoms with Gasteiger partial charge in [-0.3, -0.25) is 4.90 Å². The lowest BCUT2D eigenvalue weighted by atomic mass is 10.1. The summed E-state index contributed by atoms with van der Waals surface area (Å²) < 4.78 is 35.7. The van der Waals surface area contributed by atoms with E-state index < -0.39 is 12.7 Å². The Morgan fingerprint density at radius 2 is 1.93 bits per heavy atom. The second-order valence-corrected chi connectivity index (χ2v) is 3.25. The molecule has 1 heterocycles. The van der Waals surface area contributed by atoms with Crippen molar-refractivity contribution in [2.75, 3.05) is 19.6 Å². The first-order valence-electron chi connectivity index (χ1n) is 5.02. The van der Waals surface area contributed by atoms with E-state index in [1.54, 1.807) is 0 Å². The van der Waals surface area contributed by atoms with E-state index in [-0.39, 0.29) is 6.04 Å². The standard InChI is InChI=1S/C7H13F3N2.C2H6/c8-7(9,10)5-12-3-1-2-6(11)4-12;1-2/h6H,1-5,11H2;1-2H3. The second-order valence-electron chi connectivity index (χ2n) is 3.25. The number of hydrogen-bond donors (Lipinski definition) is 1. The molecule has 1 aliphatic heterocycles. The highest BCUT2D eigenvalue weighted by Gasteiger charge is 2.32. The molecule has 0 aromatic heterocycles. The molecular formula is C9H19F3N2.